The molecule has 5 nitrogen and oxygen atoms in total. The van der Waals surface area contributed by atoms with Crippen molar-refractivity contribution < 1.29 is 0 Å². The van der Waals surface area contributed by atoms with E-state index in [1.54, 1.807) is 11.8 Å². The van der Waals surface area contributed by atoms with Gasteiger partial charge >= 0.3 is 0 Å². The monoisotopic (exact) mass is 325 g/mol. The Bertz CT molecular complexity index is 393. The summed E-state index contributed by atoms with van der Waals surface area (Å²) < 4.78 is 0. The molecule has 0 radical (unpaired) electrons. The molecule has 1 saturated carbocycles. The summed E-state index contributed by atoms with van der Waals surface area (Å²) in [5.41, 5.74) is 3.30. The van der Waals surface area contributed by atoms with Crippen LogP contribution in [0.5, 0.6) is 0 Å². The summed E-state index contributed by atoms with van der Waals surface area (Å²) in [5.74, 6) is 2.41. The van der Waals surface area contributed by atoms with Crippen molar-refractivity contribution >= 4 is 11.8 Å². The lowest BCUT2D eigenvalue weighted by Gasteiger charge is -2.45. The van der Waals surface area contributed by atoms with Crippen molar-refractivity contribution in [2.75, 3.05) is 24.7 Å². The molecule has 0 aromatic rings. The van der Waals surface area contributed by atoms with E-state index in [0.717, 1.165) is 42.6 Å². The van der Waals surface area contributed by atoms with E-state index in [-0.39, 0.29) is 17.5 Å². The third-order valence-corrected chi connectivity index (χ3v) is 6.06. The first-order chi connectivity index (χ1) is 10.4. The number of hydrogen-bond donors (Lipinski definition) is 1. The Kier molecular flexibility index (Phi) is 6.54. The van der Waals surface area contributed by atoms with Crippen LogP contribution >= 0.6 is 11.8 Å². The molecule has 0 aromatic heterocycles. The topological polar surface area (TPSA) is 65.4 Å². The van der Waals surface area contributed by atoms with Crippen LogP contribution in [0.4, 0.5) is 0 Å². The zero-order valence-corrected chi connectivity index (χ0v) is 14.9. The van der Waals surface area contributed by atoms with Gasteiger partial charge in [0.15, 0.2) is 0 Å². The molecule has 22 heavy (non-hydrogen) atoms. The van der Waals surface area contributed by atoms with E-state index in [0.29, 0.717) is 12.5 Å². The van der Waals surface area contributed by atoms with Crippen LogP contribution in [-0.2, 0) is 0 Å². The van der Waals surface area contributed by atoms with Crippen molar-refractivity contribution in [1.29, 1.82) is 5.26 Å². The lowest BCUT2D eigenvalue weighted by Crippen LogP contribution is -2.47. The van der Waals surface area contributed by atoms with Gasteiger partial charge in [-0.15, -0.1) is 11.8 Å². The molecule has 1 aliphatic heterocycles. The Morgan fingerprint density at radius 1 is 1.41 bits per heavy atom. The average molecular weight is 326 g/mol. The quantitative estimate of drug-likeness (QED) is 0.784. The third kappa shape index (κ3) is 4.84. The highest BCUT2D eigenvalue weighted by atomic mass is 32.2. The summed E-state index contributed by atoms with van der Waals surface area (Å²) in [6.45, 7) is 8.21. The first-order valence-corrected chi connectivity index (χ1v) is 9.48. The lowest BCUT2D eigenvalue weighted by molar-refractivity contribution is 0.0811. The zero-order valence-electron chi connectivity index (χ0n) is 14.0. The Balaban J connectivity index is 1.73. The Labute approximate surface area is 139 Å². The predicted octanol–water partition coefficient (Wildman–Crippen LogP) is 2.79. The van der Waals surface area contributed by atoms with Gasteiger partial charge in [0.1, 0.15) is 6.04 Å². The smallest absolute Gasteiger partial charge is 0.108 e. The molecule has 1 N–H and O–H groups in total. The second-order valence-electron chi connectivity index (χ2n) is 7.57. The van der Waals surface area contributed by atoms with Gasteiger partial charge in [-0.2, -0.15) is 5.26 Å². The molecule has 2 fully saturated rings. The summed E-state index contributed by atoms with van der Waals surface area (Å²) >= 11 is 1.79. The van der Waals surface area contributed by atoms with Gasteiger partial charge in [-0.3, -0.25) is 10.3 Å². The molecular weight excluding hydrogens is 296 g/mol. The van der Waals surface area contributed by atoms with E-state index in [1.807, 2.05) is 0 Å². The molecule has 2 aliphatic rings. The van der Waals surface area contributed by atoms with Gasteiger partial charge in [0.25, 0.3) is 0 Å². The summed E-state index contributed by atoms with van der Waals surface area (Å²) in [7, 11) is 0. The molecule has 0 bridgehead atoms. The predicted molar refractivity (Wildman–Crippen MR) is 91.8 cm³/mol. The van der Waals surface area contributed by atoms with Gasteiger partial charge in [0.05, 0.1) is 6.07 Å². The summed E-state index contributed by atoms with van der Waals surface area (Å²) in [5, 5.41) is 22.5. The number of hydrogen-bond acceptors (Lipinski definition) is 6. The van der Waals surface area contributed by atoms with Crippen LogP contribution in [0.25, 0.3) is 0 Å². The van der Waals surface area contributed by atoms with E-state index in [9.17, 15) is 5.21 Å². The molecule has 3 atom stereocenters. The molecule has 2 rings (SSSR count). The maximum absolute atomic E-state index is 12.3. The molecule has 126 valence electrons. The van der Waals surface area contributed by atoms with Gasteiger partial charge in [-0.05, 0) is 30.6 Å². The van der Waals surface area contributed by atoms with Gasteiger partial charge < -0.3 is 10.4 Å². The third-order valence-electron chi connectivity index (χ3n) is 4.99. The second kappa shape index (κ2) is 7.98. The fourth-order valence-corrected chi connectivity index (χ4v) is 4.57. The minimum absolute atomic E-state index is 0.00635. The van der Waals surface area contributed by atoms with Crippen LogP contribution in [0.2, 0.25) is 0 Å². The van der Waals surface area contributed by atoms with Crippen molar-refractivity contribution in [2.45, 2.75) is 58.5 Å². The maximum Gasteiger partial charge on any atom is 0.108 e. The zero-order chi connectivity index (χ0) is 16.2. The molecule has 3 unspecified atom stereocenters. The number of hydrazine groups is 1. The van der Waals surface area contributed by atoms with Crippen molar-refractivity contribution in [1.82, 2.24) is 15.5 Å². The van der Waals surface area contributed by atoms with Gasteiger partial charge in [-0.25, -0.2) is 0 Å². The molecular formula is C16H29N4OS-. The van der Waals surface area contributed by atoms with E-state index >= 15 is 0 Å². The van der Waals surface area contributed by atoms with Gasteiger partial charge in [0, 0.05) is 30.8 Å². The minimum atomic E-state index is 0.00635. The molecule has 6 heteroatoms. The van der Waals surface area contributed by atoms with E-state index < -0.39 is 0 Å². The Morgan fingerprint density at radius 3 is 2.86 bits per heavy atom. The van der Waals surface area contributed by atoms with Crippen LogP contribution in [0.3, 0.4) is 0 Å². The van der Waals surface area contributed by atoms with Crippen molar-refractivity contribution in [3.63, 3.8) is 0 Å². The second-order valence-corrected chi connectivity index (χ2v) is 8.57. The summed E-state index contributed by atoms with van der Waals surface area (Å²) in [6.07, 6.45) is 4.36. The van der Waals surface area contributed by atoms with Gasteiger partial charge in [0.2, 0.25) is 0 Å². The van der Waals surface area contributed by atoms with Crippen molar-refractivity contribution in [3.8, 4) is 6.07 Å². The number of thioether (sulfide) groups is 1. The normalized spacial score (nSPS) is 30.6. The number of nitriles is 1. The van der Waals surface area contributed by atoms with E-state index in [2.05, 4.69) is 37.2 Å². The maximum atomic E-state index is 12.3. The fourth-order valence-electron chi connectivity index (χ4n) is 3.41. The molecule has 1 saturated heterocycles. The first kappa shape index (κ1) is 18.0. The highest BCUT2D eigenvalue weighted by Crippen LogP contribution is 2.38. The molecule has 1 heterocycles. The minimum Gasteiger partial charge on any atom is -0.771 e. The highest BCUT2D eigenvalue weighted by Gasteiger charge is 2.31. The van der Waals surface area contributed by atoms with Crippen LogP contribution in [0, 0.1) is 27.9 Å². The summed E-state index contributed by atoms with van der Waals surface area (Å²) in [6, 6.07) is 2.42. The summed E-state index contributed by atoms with van der Waals surface area (Å²) in [4.78, 5) is 2.14. The van der Waals surface area contributed by atoms with Crippen molar-refractivity contribution in [2.24, 2.45) is 11.3 Å². The number of nitrogens with zero attached hydrogens (tertiary/aromatic N) is 3. The Morgan fingerprint density at radius 2 is 2.18 bits per heavy atom. The van der Waals surface area contributed by atoms with Crippen LogP contribution in [-0.4, -0.2) is 46.9 Å². The van der Waals surface area contributed by atoms with Crippen LogP contribution in [0.1, 0.15) is 46.5 Å². The number of nitrogens with one attached hydrogen (secondary N) is 1. The van der Waals surface area contributed by atoms with E-state index in [4.69, 9.17) is 5.26 Å². The van der Waals surface area contributed by atoms with E-state index in [1.165, 1.54) is 6.42 Å². The Hall–Kier alpha value is -0.320. The standard InChI is InChI=1S/C16H29N4OS/c1-16(2,3)13-5-4-6-14(9-13)20(21)18-7-8-19-12-22-11-15(19)10-17/h13-15,18H,4-9,11-12H2,1-3H3/q-1. The first-order valence-electron chi connectivity index (χ1n) is 8.33. The average Bonchev–Trinajstić information content (AvgIpc) is 2.94. The largest absolute Gasteiger partial charge is 0.771 e. The SMILES string of the molecule is CC(C)(C)C1CCCC(N([O-])NCCN2CSCC2C#N)C1. The number of rotatable bonds is 5. The molecule has 0 amide bonds. The lowest BCUT2D eigenvalue weighted by atomic mass is 9.71. The van der Waals surface area contributed by atoms with Crippen LogP contribution in [0.15, 0.2) is 0 Å². The number of hydroxylamine groups is 1. The van der Waals surface area contributed by atoms with Crippen molar-refractivity contribution in [3.05, 3.63) is 5.21 Å². The highest BCUT2D eigenvalue weighted by molar-refractivity contribution is 7.99. The van der Waals surface area contributed by atoms with Crippen LogP contribution < -0.4 is 5.43 Å². The fraction of sp³-hybridized carbons (Fsp3) is 0.938. The molecule has 0 aromatic carbocycles. The molecule has 1 aliphatic carbocycles. The van der Waals surface area contributed by atoms with Gasteiger partial charge in [-0.1, -0.05) is 27.2 Å². The molecule has 0 spiro atoms.